The van der Waals surface area contributed by atoms with Crippen LogP contribution in [0.3, 0.4) is 0 Å². The Hall–Kier alpha value is -2.40. The van der Waals surface area contributed by atoms with Crippen molar-refractivity contribution in [1.82, 2.24) is 5.32 Å². The average Bonchev–Trinajstić information content (AvgIpc) is 2.90. The number of nitrogens with one attached hydrogen (secondary N) is 1. The third kappa shape index (κ3) is 3.74. The number of halogens is 1. The van der Waals surface area contributed by atoms with Crippen molar-refractivity contribution in [3.05, 3.63) is 69.8 Å². The molecule has 0 unspecified atom stereocenters. The Labute approximate surface area is 149 Å². The molecular formula is C19H17BrN2O2. The molecule has 1 aliphatic heterocycles. The van der Waals surface area contributed by atoms with Crippen molar-refractivity contribution in [1.29, 1.82) is 0 Å². The highest BCUT2D eigenvalue weighted by molar-refractivity contribution is 9.10. The summed E-state index contributed by atoms with van der Waals surface area (Å²) in [5.74, 6) is 1.15. The zero-order valence-corrected chi connectivity index (χ0v) is 15.0. The predicted molar refractivity (Wildman–Crippen MR) is 99.0 cm³/mol. The Bertz CT molecular complexity index is 824. The van der Waals surface area contributed by atoms with E-state index >= 15 is 0 Å². The van der Waals surface area contributed by atoms with Crippen LogP contribution in [0.2, 0.25) is 0 Å². The van der Waals surface area contributed by atoms with E-state index in [2.05, 4.69) is 26.2 Å². The van der Waals surface area contributed by atoms with Crippen LogP contribution < -0.4 is 10.1 Å². The third-order valence-corrected chi connectivity index (χ3v) is 4.07. The van der Waals surface area contributed by atoms with E-state index in [1.807, 2.05) is 62.4 Å². The fourth-order valence-electron chi connectivity index (χ4n) is 2.32. The molecule has 0 spiro atoms. The number of carbonyl (C=O) groups excluding carboxylic acids is 1. The SMILES string of the molecule is CC(C)Oc1ccc(/C=C2\N=C(c3ccccc3Br)NC2=O)cc1. The Balaban J connectivity index is 1.85. The van der Waals surface area contributed by atoms with Crippen LogP contribution in [0.25, 0.3) is 6.08 Å². The fourth-order valence-corrected chi connectivity index (χ4v) is 2.79. The van der Waals surface area contributed by atoms with Crippen LogP contribution in [-0.2, 0) is 4.79 Å². The highest BCUT2D eigenvalue weighted by Gasteiger charge is 2.22. The molecule has 0 saturated carbocycles. The average molecular weight is 385 g/mol. The number of amides is 1. The minimum absolute atomic E-state index is 0.131. The van der Waals surface area contributed by atoms with Crippen LogP contribution in [0.4, 0.5) is 0 Å². The smallest absolute Gasteiger partial charge is 0.275 e. The summed E-state index contributed by atoms with van der Waals surface area (Å²) in [6.45, 7) is 3.97. The molecule has 0 radical (unpaired) electrons. The number of amidine groups is 1. The number of aliphatic imine (C=N–C) groups is 1. The lowest BCUT2D eigenvalue weighted by Crippen LogP contribution is -2.25. The summed E-state index contributed by atoms with van der Waals surface area (Å²) in [5.41, 5.74) is 2.14. The first kappa shape index (κ1) is 16.5. The molecule has 2 aromatic rings. The second-order valence-electron chi connectivity index (χ2n) is 5.66. The van der Waals surface area contributed by atoms with Crippen LogP contribution in [0.15, 0.2) is 63.7 Å². The molecule has 0 atom stereocenters. The van der Waals surface area contributed by atoms with Gasteiger partial charge in [-0.15, -0.1) is 0 Å². The first-order valence-electron chi connectivity index (χ1n) is 7.66. The number of rotatable bonds is 4. The molecule has 2 aromatic carbocycles. The van der Waals surface area contributed by atoms with Crippen molar-refractivity contribution >= 4 is 33.7 Å². The lowest BCUT2D eigenvalue weighted by atomic mass is 10.2. The molecule has 0 aliphatic carbocycles. The van der Waals surface area contributed by atoms with Gasteiger partial charge < -0.3 is 10.1 Å². The molecule has 1 amide bonds. The third-order valence-electron chi connectivity index (χ3n) is 3.38. The largest absolute Gasteiger partial charge is 0.491 e. The second-order valence-corrected chi connectivity index (χ2v) is 6.51. The van der Waals surface area contributed by atoms with E-state index in [0.717, 1.165) is 21.3 Å². The highest BCUT2D eigenvalue weighted by Crippen LogP contribution is 2.21. The number of ether oxygens (including phenoxy) is 1. The minimum Gasteiger partial charge on any atom is -0.491 e. The van der Waals surface area contributed by atoms with Gasteiger partial charge in [0, 0.05) is 10.0 Å². The zero-order valence-electron chi connectivity index (χ0n) is 13.4. The van der Waals surface area contributed by atoms with Gasteiger partial charge in [-0.1, -0.05) is 46.3 Å². The molecule has 24 heavy (non-hydrogen) atoms. The Morgan fingerprint density at radius 2 is 1.83 bits per heavy atom. The molecule has 1 aliphatic rings. The molecule has 122 valence electrons. The molecule has 4 nitrogen and oxygen atoms in total. The van der Waals surface area contributed by atoms with Crippen LogP contribution >= 0.6 is 15.9 Å². The van der Waals surface area contributed by atoms with E-state index in [4.69, 9.17) is 4.74 Å². The number of benzene rings is 2. The summed E-state index contributed by atoms with van der Waals surface area (Å²) in [6.07, 6.45) is 1.89. The van der Waals surface area contributed by atoms with Crippen molar-refractivity contribution in [3.8, 4) is 5.75 Å². The Kier molecular flexibility index (Phi) is 4.81. The van der Waals surface area contributed by atoms with Crippen molar-refractivity contribution in [3.63, 3.8) is 0 Å². The summed E-state index contributed by atoms with van der Waals surface area (Å²) in [4.78, 5) is 16.6. The quantitative estimate of drug-likeness (QED) is 0.804. The normalized spacial score (nSPS) is 15.6. The van der Waals surface area contributed by atoms with Crippen molar-refractivity contribution in [2.45, 2.75) is 20.0 Å². The second kappa shape index (κ2) is 7.01. The molecule has 0 aromatic heterocycles. The van der Waals surface area contributed by atoms with E-state index in [9.17, 15) is 4.79 Å². The maximum atomic E-state index is 12.2. The monoisotopic (exact) mass is 384 g/mol. The van der Waals surface area contributed by atoms with Crippen molar-refractivity contribution in [2.75, 3.05) is 0 Å². The van der Waals surface area contributed by atoms with E-state index in [0.29, 0.717) is 11.5 Å². The van der Waals surface area contributed by atoms with E-state index in [-0.39, 0.29) is 12.0 Å². The van der Waals surface area contributed by atoms with E-state index in [1.165, 1.54) is 0 Å². The zero-order chi connectivity index (χ0) is 17.1. The summed E-state index contributed by atoms with van der Waals surface area (Å²) >= 11 is 3.47. The van der Waals surface area contributed by atoms with Gasteiger partial charge in [0.05, 0.1) is 6.10 Å². The maximum absolute atomic E-state index is 12.2. The molecule has 0 saturated heterocycles. The van der Waals surface area contributed by atoms with Crippen molar-refractivity contribution < 1.29 is 9.53 Å². The summed E-state index contributed by atoms with van der Waals surface area (Å²) in [7, 11) is 0. The number of carbonyl (C=O) groups is 1. The van der Waals surface area contributed by atoms with Gasteiger partial charge in [0.1, 0.15) is 17.3 Å². The van der Waals surface area contributed by atoms with Gasteiger partial charge >= 0.3 is 0 Å². The van der Waals surface area contributed by atoms with Crippen LogP contribution in [0.1, 0.15) is 25.0 Å². The molecule has 0 bridgehead atoms. The van der Waals surface area contributed by atoms with Crippen LogP contribution in [-0.4, -0.2) is 17.8 Å². The standard InChI is InChI=1S/C19H17BrN2O2/c1-12(2)24-14-9-7-13(8-10-14)11-17-19(23)22-18(21-17)15-5-3-4-6-16(15)20/h3-12H,1-2H3,(H,21,22,23)/b17-11-. The van der Waals surface area contributed by atoms with Crippen molar-refractivity contribution in [2.24, 2.45) is 4.99 Å². The van der Waals surface area contributed by atoms with Gasteiger partial charge in [0.2, 0.25) is 0 Å². The molecule has 0 fully saturated rings. The van der Waals surface area contributed by atoms with Gasteiger partial charge in [0.15, 0.2) is 0 Å². The molecule has 1 N–H and O–H groups in total. The lowest BCUT2D eigenvalue weighted by molar-refractivity contribution is -0.115. The summed E-state index contributed by atoms with van der Waals surface area (Å²) in [6, 6.07) is 15.2. The Morgan fingerprint density at radius 1 is 1.12 bits per heavy atom. The van der Waals surface area contributed by atoms with Gasteiger partial charge in [-0.2, -0.15) is 0 Å². The molecule has 3 rings (SSSR count). The number of nitrogens with zero attached hydrogens (tertiary/aromatic N) is 1. The van der Waals surface area contributed by atoms with Gasteiger partial charge in [-0.05, 0) is 43.7 Å². The lowest BCUT2D eigenvalue weighted by Gasteiger charge is -2.09. The highest BCUT2D eigenvalue weighted by atomic mass is 79.9. The minimum atomic E-state index is -0.205. The topological polar surface area (TPSA) is 50.7 Å². The van der Waals surface area contributed by atoms with Crippen LogP contribution in [0.5, 0.6) is 5.75 Å². The maximum Gasteiger partial charge on any atom is 0.275 e. The van der Waals surface area contributed by atoms with Gasteiger partial charge in [0.25, 0.3) is 5.91 Å². The number of hydrogen-bond donors (Lipinski definition) is 1. The van der Waals surface area contributed by atoms with Crippen LogP contribution in [0, 0.1) is 0 Å². The summed E-state index contributed by atoms with van der Waals surface area (Å²) in [5, 5.41) is 2.81. The Morgan fingerprint density at radius 3 is 2.50 bits per heavy atom. The molecule has 1 heterocycles. The first-order chi connectivity index (χ1) is 11.5. The number of hydrogen-bond acceptors (Lipinski definition) is 3. The molecular weight excluding hydrogens is 368 g/mol. The van der Waals surface area contributed by atoms with Gasteiger partial charge in [-0.25, -0.2) is 4.99 Å². The van der Waals surface area contributed by atoms with E-state index in [1.54, 1.807) is 6.08 Å². The predicted octanol–water partition coefficient (Wildman–Crippen LogP) is 4.15. The van der Waals surface area contributed by atoms with Gasteiger partial charge in [-0.3, -0.25) is 4.79 Å². The molecule has 5 heteroatoms. The van der Waals surface area contributed by atoms with E-state index < -0.39 is 0 Å². The first-order valence-corrected chi connectivity index (χ1v) is 8.45. The fraction of sp³-hybridized carbons (Fsp3) is 0.158. The summed E-state index contributed by atoms with van der Waals surface area (Å²) < 4.78 is 6.50.